The number of aromatic nitrogens is 3. The van der Waals surface area contributed by atoms with Gasteiger partial charge in [0.25, 0.3) is 20.2 Å². The highest BCUT2D eigenvalue weighted by atomic mass is 32.2. The highest BCUT2D eigenvalue weighted by Crippen LogP contribution is 2.21. The molecule has 14 heteroatoms. The van der Waals surface area contributed by atoms with Crippen LogP contribution in [0.15, 0.2) is 52.3 Å². The molecule has 29 heavy (non-hydrogen) atoms. The summed E-state index contributed by atoms with van der Waals surface area (Å²) >= 11 is 0. The van der Waals surface area contributed by atoms with E-state index in [-0.39, 0.29) is 23.3 Å². The molecule has 4 N–H and O–H groups in total. The van der Waals surface area contributed by atoms with Crippen molar-refractivity contribution in [1.82, 2.24) is 15.0 Å². The molecule has 0 aliphatic rings. The summed E-state index contributed by atoms with van der Waals surface area (Å²) in [6.45, 7) is 0. The molecule has 0 aliphatic heterocycles. The Morgan fingerprint density at radius 1 is 0.862 bits per heavy atom. The largest absolute Gasteiger partial charge is 0.324 e. The van der Waals surface area contributed by atoms with Gasteiger partial charge in [-0.1, -0.05) is 12.1 Å². The second-order valence-corrected chi connectivity index (χ2v) is 8.23. The first-order chi connectivity index (χ1) is 13.5. The van der Waals surface area contributed by atoms with Crippen LogP contribution in [0.4, 0.5) is 27.7 Å². The van der Waals surface area contributed by atoms with E-state index in [4.69, 9.17) is 9.11 Å². The minimum absolute atomic E-state index is 0.112. The third-order valence-corrected chi connectivity index (χ3v) is 4.95. The molecule has 0 fully saturated rings. The Balaban J connectivity index is 1.88. The zero-order valence-electron chi connectivity index (χ0n) is 14.1. The Hall–Kier alpha value is -3.20. The van der Waals surface area contributed by atoms with Crippen LogP contribution in [0.2, 0.25) is 0 Å². The van der Waals surface area contributed by atoms with Gasteiger partial charge in [0.05, 0.1) is 4.90 Å². The zero-order valence-corrected chi connectivity index (χ0v) is 15.7. The minimum atomic E-state index is -4.50. The first-order valence-electron chi connectivity index (χ1n) is 7.53. The lowest BCUT2D eigenvalue weighted by molar-refractivity contribution is 0.481. The van der Waals surface area contributed by atoms with Crippen molar-refractivity contribution in [1.29, 1.82) is 0 Å². The Kier molecular flexibility index (Phi) is 5.43. The van der Waals surface area contributed by atoms with E-state index in [2.05, 4.69) is 31.7 Å². The number of nitrogens with zero attached hydrogens (tertiary/aromatic N) is 3. The molecule has 1 heterocycles. The molecule has 0 saturated carbocycles. The number of hydrogen-bond acceptors (Lipinski definition) is 9. The predicted octanol–water partition coefficient (Wildman–Crippen LogP) is 1.79. The average Bonchev–Trinajstić information content (AvgIpc) is 2.60. The SMILES string of the molecule is O=S(=O)(O)c1[c]ccc(Nc2nc(F)nc(Nc3cccc(S(=O)(=O)O)c3)n2)c1. The van der Waals surface area contributed by atoms with Gasteiger partial charge in [0, 0.05) is 17.4 Å². The Bertz CT molecular complexity index is 1190. The van der Waals surface area contributed by atoms with Crippen molar-refractivity contribution < 1.29 is 30.3 Å². The topological polar surface area (TPSA) is 171 Å². The molecular weight excluding hydrogens is 429 g/mol. The lowest BCUT2D eigenvalue weighted by Crippen LogP contribution is -2.07. The van der Waals surface area contributed by atoms with Gasteiger partial charge >= 0.3 is 6.08 Å². The second-order valence-electron chi connectivity index (χ2n) is 5.42. The van der Waals surface area contributed by atoms with Gasteiger partial charge in [-0.05, 0) is 30.3 Å². The van der Waals surface area contributed by atoms with Gasteiger partial charge in [0.2, 0.25) is 11.9 Å². The third kappa shape index (κ3) is 5.41. The van der Waals surface area contributed by atoms with Crippen molar-refractivity contribution in [3.8, 4) is 0 Å². The summed E-state index contributed by atoms with van der Waals surface area (Å²) in [5, 5.41) is 5.10. The highest BCUT2D eigenvalue weighted by molar-refractivity contribution is 7.86. The van der Waals surface area contributed by atoms with Crippen molar-refractivity contribution in [2.45, 2.75) is 9.79 Å². The van der Waals surface area contributed by atoms with Crippen LogP contribution in [-0.2, 0) is 20.2 Å². The number of rotatable bonds is 6. The van der Waals surface area contributed by atoms with Crippen LogP contribution >= 0.6 is 0 Å². The maximum atomic E-state index is 13.8. The zero-order chi connectivity index (χ0) is 21.2. The number of benzene rings is 2. The van der Waals surface area contributed by atoms with E-state index in [9.17, 15) is 21.2 Å². The number of nitrogens with one attached hydrogen (secondary N) is 2. The molecule has 0 bridgehead atoms. The molecule has 2 aromatic carbocycles. The molecule has 0 unspecified atom stereocenters. The summed E-state index contributed by atoms with van der Waals surface area (Å²) < 4.78 is 76.6. The standard InChI is InChI=1S/C15H11FN5O6S2/c16-13-19-14(17-9-3-1-5-11(7-9)28(22,23)24)21-15(20-13)18-10-4-2-6-12(8-10)29(25,26)27/h1-5,7-8H,(H,22,23,24)(H,25,26,27)(H2,17,18,19,20,21). The molecular formula is C15H11FN5O6S2. The van der Waals surface area contributed by atoms with Crippen molar-refractivity contribution in [3.63, 3.8) is 0 Å². The summed E-state index contributed by atoms with van der Waals surface area (Å²) in [5.41, 5.74) is 0.251. The molecule has 3 aromatic rings. The molecule has 151 valence electrons. The molecule has 0 atom stereocenters. The van der Waals surface area contributed by atoms with Gasteiger partial charge in [-0.2, -0.15) is 36.2 Å². The lowest BCUT2D eigenvalue weighted by atomic mass is 10.3. The summed E-state index contributed by atoms with van der Waals surface area (Å²) in [6, 6.07) is 10.9. The van der Waals surface area contributed by atoms with Gasteiger partial charge in [0.15, 0.2) is 0 Å². The third-order valence-electron chi connectivity index (χ3n) is 3.31. The van der Waals surface area contributed by atoms with E-state index in [0.29, 0.717) is 0 Å². The lowest BCUT2D eigenvalue weighted by Gasteiger charge is -2.09. The fraction of sp³-hybridized carbons (Fsp3) is 0. The summed E-state index contributed by atoms with van der Waals surface area (Å²) in [7, 11) is -8.94. The smallest absolute Gasteiger partial charge is 0.315 e. The average molecular weight is 440 g/mol. The molecule has 11 nitrogen and oxygen atoms in total. The van der Waals surface area contributed by atoms with Gasteiger partial charge in [-0.15, -0.1) is 0 Å². The van der Waals surface area contributed by atoms with Crippen molar-refractivity contribution in [3.05, 3.63) is 54.6 Å². The fourth-order valence-corrected chi connectivity index (χ4v) is 3.14. The number of hydrogen-bond donors (Lipinski definition) is 4. The molecule has 0 aliphatic carbocycles. The second kappa shape index (κ2) is 7.67. The van der Waals surface area contributed by atoms with Crippen LogP contribution in [-0.4, -0.2) is 40.9 Å². The summed E-state index contributed by atoms with van der Waals surface area (Å²) in [4.78, 5) is 9.83. The maximum absolute atomic E-state index is 13.8. The van der Waals surface area contributed by atoms with E-state index in [1.54, 1.807) is 0 Å². The monoisotopic (exact) mass is 440 g/mol. The van der Waals surface area contributed by atoms with E-state index < -0.39 is 36.1 Å². The van der Waals surface area contributed by atoms with Crippen molar-refractivity contribution in [2.24, 2.45) is 0 Å². The first-order valence-corrected chi connectivity index (χ1v) is 10.4. The van der Waals surface area contributed by atoms with E-state index in [1.807, 2.05) is 0 Å². The molecule has 3 rings (SSSR count). The van der Waals surface area contributed by atoms with Crippen LogP contribution in [0.3, 0.4) is 0 Å². The maximum Gasteiger partial charge on any atom is 0.315 e. The molecule has 0 saturated heterocycles. The van der Waals surface area contributed by atoms with Crippen LogP contribution in [0, 0.1) is 12.1 Å². The van der Waals surface area contributed by atoms with Crippen LogP contribution in [0.5, 0.6) is 0 Å². The predicted molar refractivity (Wildman–Crippen MR) is 97.7 cm³/mol. The van der Waals surface area contributed by atoms with E-state index >= 15 is 0 Å². The van der Waals surface area contributed by atoms with Crippen LogP contribution in [0.25, 0.3) is 0 Å². The van der Waals surface area contributed by atoms with Gasteiger partial charge in [0.1, 0.15) is 4.90 Å². The molecule has 1 aromatic heterocycles. The van der Waals surface area contributed by atoms with Gasteiger partial charge in [-0.25, -0.2) is 0 Å². The van der Waals surface area contributed by atoms with Crippen molar-refractivity contribution >= 4 is 43.5 Å². The molecule has 0 spiro atoms. The van der Waals surface area contributed by atoms with Crippen LogP contribution < -0.4 is 10.6 Å². The Labute approximate surface area is 164 Å². The first kappa shape index (κ1) is 20.5. The number of halogens is 1. The molecule has 0 amide bonds. The highest BCUT2D eigenvalue weighted by Gasteiger charge is 2.13. The number of anilines is 4. The Morgan fingerprint density at radius 2 is 1.48 bits per heavy atom. The summed E-state index contributed by atoms with van der Waals surface area (Å²) in [5.74, 6) is -0.608. The van der Waals surface area contributed by atoms with Gasteiger partial charge < -0.3 is 10.6 Å². The van der Waals surface area contributed by atoms with E-state index in [1.165, 1.54) is 24.3 Å². The van der Waals surface area contributed by atoms with E-state index in [0.717, 1.165) is 18.2 Å². The quantitative estimate of drug-likeness (QED) is 0.412. The normalized spacial score (nSPS) is 11.8. The van der Waals surface area contributed by atoms with Gasteiger partial charge in [-0.3, -0.25) is 9.11 Å². The Morgan fingerprint density at radius 3 is 2.07 bits per heavy atom. The fourth-order valence-electron chi connectivity index (χ4n) is 2.13. The van der Waals surface area contributed by atoms with Crippen LogP contribution in [0.1, 0.15) is 0 Å². The molecule has 1 radical (unpaired) electrons. The summed E-state index contributed by atoms with van der Waals surface area (Å²) in [6.07, 6.45) is -1.19. The van der Waals surface area contributed by atoms with Crippen molar-refractivity contribution in [2.75, 3.05) is 10.6 Å². The minimum Gasteiger partial charge on any atom is -0.324 e.